The molecule has 1 atom stereocenters. The van der Waals surface area contributed by atoms with Gasteiger partial charge in [-0.1, -0.05) is 6.42 Å². The second-order valence-corrected chi connectivity index (χ2v) is 6.60. The first-order chi connectivity index (χ1) is 9.97. The van der Waals surface area contributed by atoms with Gasteiger partial charge in [-0.25, -0.2) is 0 Å². The van der Waals surface area contributed by atoms with Gasteiger partial charge in [0.25, 0.3) is 0 Å². The van der Waals surface area contributed by atoms with Gasteiger partial charge in [-0.15, -0.1) is 0 Å². The van der Waals surface area contributed by atoms with Gasteiger partial charge < -0.3 is 20.7 Å². The molecule has 4 N–H and O–H groups in total. The highest BCUT2D eigenvalue weighted by molar-refractivity contribution is 14.1. The van der Waals surface area contributed by atoms with E-state index in [9.17, 15) is 15.0 Å². The van der Waals surface area contributed by atoms with E-state index in [-0.39, 0.29) is 24.0 Å². The standard InChI is InChI=1S/C15H20INO4/c16-11-8-14(19)13(18)7-9(11)6-12(17)15(20)21-10-4-2-1-3-5-10/h7-8,10,12,18-19H,1-6,17H2/t12-/m0/s1. The van der Waals surface area contributed by atoms with Crippen molar-refractivity contribution in [3.63, 3.8) is 0 Å². The van der Waals surface area contributed by atoms with E-state index in [1.54, 1.807) is 0 Å². The maximum Gasteiger partial charge on any atom is 0.323 e. The molecule has 1 saturated carbocycles. The monoisotopic (exact) mass is 405 g/mol. The van der Waals surface area contributed by atoms with E-state index < -0.39 is 12.0 Å². The zero-order chi connectivity index (χ0) is 15.4. The van der Waals surface area contributed by atoms with Gasteiger partial charge in [0.1, 0.15) is 12.1 Å². The summed E-state index contributed by atoms with van der Waals surface area (Å²) in [6.07, 6.45) is 5.48. The third kappa shape index (κ3) is 4.47. The number of esters is 1. The number of ether oxygens (including phenoxy) is 1. The number of hydrogen-bond donors (Lipinski definition) is 3. The average molecular weight is 405 g/mol. The topological polar surface area (TPSA) is 92.8 Å². The summed E-state index contributed by atoms with van der Waals surface area (Å²) in [6.45, 7) is 0. The molecule has 2 rings (SSSR count). The number of rotatable bonds is 4. The van der Waals surface area contributed by atoms with E-state index >= 15 is 0 Å². The van der Waals surface area contributed by atoms with E-state index in [0.717, 1.165) is 34.8 Å². The Hall–Kier alpha value is -1.02. The van der Waals surface area contributed by atoms with E-state index in [1.165, 1.54) is 18.6 Å². The average Bonchev–Trinajstić information content (AvgIpc) is 2.45. The number of benzene rings is 1. The van der Waals surface area contributed by atoms with Gasteiger partial charge in [0.15, 0.2) is 11.5 Å². The summed E-state index contributed by atoms with van der Waals surface area (Å²) in [6, 6.07) is 2.12. The lowest BCUT2D eigenvalue weighted by Gasteiger charge is -2.23. The SMILES string of the molecule is N[C@@H](Cc1cc(O)c(O)cc1I)C(=O)OC1CCCCC1. The molecule has 0 aliphatic heterocycles. The molecule has 1 aromatic rings. The zero-order valence-corrected chi connectivity index (χ0v) is 13.9. The molecule has 0 amide bonds. The molecule has 0 heterocycles. The Morgan fingerprint density at radius 2 is 1.90 bits per heavy atom. The lowest BCUT2D eigenvalue weighted by Crippen LogP contribution is -2.37. The van der Waals surface area contributed by atoms with Crippen molar-refractivity contribution in [1.82, 2.24) is 0 Å². The van der Waals surface area contributed by atoms with Crippen molar-refractivity contribution in [2.75, 3.05) is 0 Å². The van der Waals surface area contributed by atoms with Gasteiger partial charge in [0.2, 0.25) is 0 Å². The van der Waals surface area contributed by atoms with Crippen LogP contribution in [0.1, 0.15) is 37.7 Å². The third-order valence-electron chi connectivity index (χ3n) is 3.72. The first-order valence-electron chi connectivity index (χ1n) is 7.14. The maximum atomic E-state index is 12.0. The third-order valence-corrected chi connectivity index (χ3v) is 4.73. The smallest absolute Gasteiger partial charge is 0.323 e. The van der Waals surface area contributed by atoms with Crippen LogP contribution in [0, 0.1) is 3.57 Å². The Labute approximate surface area is 137 Å². The minimum absolute atomic E-state index is 0.00964. The number of halogens is 1. The summed E-state index contributed by atoms with van der Waals surface area (Å²) in [5.74, 6) is -0.787. The first kappa shape index (κ1) is 16.4. The van der Waals surface area contributed by atoms with Crippen molar-refractivity contribution in [1.29, 1.82) is 0 Å². The highest BCUT2D eigenvalue weighted by atomic mass is 127. The van der Waals surface area contributed by atoms with Crippen LogP contribution in [0.3, 0.4) is 0 Å². The van der Waals surface area contributed by atoms with Crippen molar-refractivity contribution in [3.05, 3.63) is 21.3 Å². The van der Waals surface area contributed by atoms with E-state index in [4.69, 9.17) is 10.5 Å². The molecule has 116 valence electrons. The number of carbonyl (C=O) groups is 1. The lowest BCUT2D eigenvalue weighted by molar-refractivity contribution is -0.152. The highest BCUT2D eigenvalue weighted by Crippen LogP contribution is 2.30. The van der Waals surface area contributed by atoms with Crippen LogP contribution in [0.4, 0.5) is 0 Å². The molecule has 1 aromatic carbocycles. The molecule has 5 nitrogen and oxygen atoms in total. The van der Waals surface area contributed by atoms with Crippen LogP contribution in [0.2, 0.25) is 0 Å². The Balaban J connectivity index is 1.95. The van der Waals surface area contributed by atoms with Gasteiger partial charge in [-0.3, -0.25) is 4.79 Å². The fourth-order valence-electron chi connectivity index (χ4n) is 2.51. The van der Waals surface area contributed by atoms with Gasteiger partial charge in [-0.05, 0) is 72.4 Å². The van der Waals surface area contributed by atoms with Crippen molar-refractivity contribution < 1.29 is 19.7 Å². The fraction of sp³-hybridized carbons (Fsp3) is 0.533. The van der Waals surface area contributed by atoms with Gasteiger partial charge >= 0.3 is 5.97 Å². The van der Waals surface area contributed by atoms with Crippen LogP contribution < -0.4 is 5.73 Å². The summed E-state index contributed by atoms with van der Waals surface area (Å²) >= 11 is 2.04. The van der Waals surface area contributed by atoms with Crippen molar-refractivity contribution in [3.8, 4) is 11.5 Å². The predicted molar refractivity (Wildman–Crippen MR) is 87.1 cm³/mol. The second-order valence-electron chi connectivity index (χ2n) is 5.44. The van der Waals surface area contributed by atoms with Crippen LogP contribution in [0.5, 0.6) is 11.5 Å². The number of phenols is 2. The number of carbonyl (C=O) groups excluding carboxylic acids is 1. The molecular formula is C15H20INO4. The molecule has 0 unspecified atom stereocenters. The largest absolute Gasteiger partial charge is 0.504 e. The van der Waals surface area contributed by atoms with Crippen LogP contribution in [0.25, 0.3) is 0 Å². The molecule has 0 aromatic heterocycles. The summed E-state index contributed by atoms with van der Waals surface area (Å²) < 4.78 is 6.19. The molecule has 0 saturated heterocycles. The predicted octanol–water partition coefficient (Wildman–Crippen LogP) is 2.45. The zero-order valence-electron chi connectivity index (χ0n) is 11.7. The summed E-state index contributed by atoms with van der Waals surface area (Å²) in [5.41, 5.74) is 6.62. The summed E-state index contributed by atoms with van der Waals surface area (Å²) in [7, 11) is 0. The van der Waals surface area contributed by atoms with Crippen LogP contribution in [-0.4, -0.2) is 28.3 Å². The lowest BCUT2D eigenvalue weighted by atomic mass is 9.97. The molecule has 0 bridgehead atoms. The normalized spacial score (nSPS) is 17.4. The van der Waals surface area contributed by atoms with E-state index in [1.807, 2.05) is 22.6 Å². The molecule has 6 heteroatoms. The second kappa shape index (κ2) is 7.31. The van der Waals surface area contributed by atoms with Gasteiger partial charge in [-0.2, -0.15) is 0 Å². The molecule has 0 radical (unpaired) electrons. The van der Waals surface area contributed by atoms with E-state index in [2.05, 4.69) is 0 Å². The van der Waals surface area contributed by atoms with Gasteiger partial charge in [0, 0.05) is 3.57 Å². The number of hydrogen-bond acceptors (Lipinski definition) is 5. The summed E-state index contributed by atoms with van der Waals surface area (Å²) in [4.78, 5) is 12.0. The van der Waals surface area contributed by atoms with Crippen molar-refractivity contribution in [2.45, 2.75) is 50.7 Å². The minimum Gasteiger partial charge on any atom is -0.504 e. The molecule has 1 aliphatic rings. The number of aromatic hydroxyl groups is 2. The Kier molecular flexibility index (Phi) is 5.69. The quantitative estimate of drug-likeness (QED) is 0.407. The van der Waals surface area contributed by atoms with E-state index in [0.29, 0.717) is 0 Å². The molecule has 1 aliphatic carbocycles. The number of nitrogens with two attached hydrogens (primary N) is 1. The van der Waals surface area contributed by atoms with Crippen LogP contribution in [-0.2, 0) is 16.0 Å². The summed E-state index contributed by atoms with van der Waals surface area (Å²) in [5, 5.41) is 18.9. The molecule has 21 heavy (non-hydrogen) atoms. The van der Waals surface area contributed by atoms with Crippen molar-refractivity contribution >= 4 is 28.6 Å². The van der Waals surface area contributed by atoms with Gasteiger partial charge in [0.05, 0.1) is 0 Å². The van der Waals surface area contributed by atoms with Crippen molar-refractivity contribution in [2.24, 2.45) is 5.73 Å². The molecule has 0 spiro atoms. The molecular weight excluding hydrogens is 385 g/mol. The number of phenolic OH excluding ortho intramolecular Hbond substituents is 2. The molecule has 1 fully saturated rings. The van der Waals surface area contributed by atoms with Crippen LogP contribution in [0.15, 0.2) is 12.1 Å². The highest BCUT2D eigenvalue weighted by Gasteiger charge is 2.23. The minimum atomic E-state index is -0.760. The maximum absolute atomic E-state index is 12.0. The fourth-order valence-corrected chi connectivity index (χ4v) is 3.18. The Bertz CT molecular complexity index is 515. The van der Waals surface area contributed by atoms with Crippen LogP contribution >= 0.6 is 22.6 Å². The Morgan fingerprint density at radius 1 is 1.29 bits per heavy atom. The first-order valence-corrected chi connectivity index (χ1v) is 8.21. The Morgan fingerprint density at radius 3 is 2.57 bits per heavy atom.